The van der Waals surface area contributed by atoms with Crippen LogP contribution in [0.2, 0.25) is 10.0 Å². The van der Waals surface area contributed by atoms with Gasteiger partial charge in [-0.05, 0) is 69.0 Å². The lowest BCUT2D eigenvalue weighted by molar-refractivity contribution is 0.0525. The minimum atomic E-state index is -0.982. The van der Waals surface area contributed by atoms with Gasteiger partial charge in [0, 0.05) is 0 Å². The molecule has 30 heavy (non-hydrogen) atoms. The number of aromatic carboxylic acids is 1. The Morgan fingerprint density at radius 2 is 1.37 bits per heavy atom. The van der Waals surface area contributed by atoms with Crippen molar-refractivity contribution in [2.24, 2.45) is 0 Å². The number of carbonyl (C=O) groups is 2. The minimum absolute atomic E-state index is 0.179. The number of esters is 1. The number of halogens is 2. The molecule has 4 rings (SSSR count). The zero-order valence-electron chi connectivity index (χ0n) is 16.4. The van der Waals surface area contributed by atoms with E-state index in [0.29, 0.717) is 39.8 Å². The monoisotopic (exact) mass is 452 g/mol. The molecule has 0 saturated heterocycles. The summed E-state index contributed by atoms with van der Waals surface area (Å²) in [4.78, 5) is 22.0. The molecular formula is C22H22Cl2O6. The lowest BCUT2D eigenvalue weighted by Gasteiger charge is -2.08. The Morgan fingerprint density at radius 1 is 0.900 bits per heavy atom. The number of benzene rings is 2. The van der Waals surface area contributed by atoms with E-state index in [-0.39, 0.29) is 17.6 Å². The van der Waals surface area contributed by atoms with Crippen LogP contribution in [0.5, 0.6) is 11.5 Å². The van der Waals surface area contributed by atoms with E-state index in [4.69, 9.17) is 42.5 Å². The van der Waals surface area contributed by atoms with Gasteiger partial charge in [0.2, 0.25) is 0 Å². The van der Waals surface area contributed by atoms with Crippen LogP contribution in [0.1, 0.15) is 53.3 Å². The van der Waals surface area contributed by atoms with Gasteiger partial charge in [-0.1, -0.05) is 23.2 Å². The molecule has 0 unspecified atom stereocenters. The van der Waals surface area contributed by atoms with E-state index in [2.05, 4.69) is 0 Å². The molecule has 2 aromatic carbocycles. The van der Waals surface area contributed by atoms with Crippen LogP contribution in [-0.2, 0) is 4.74 Å². The summed E-state index contributed by atoms with van der Waals surface area (Å²) in [5.41, 5.74) is 0.633. The lowest BCUT2D eigenvalue weighted by Crippen LogP contribution is -2.05. The Balaban J connectivity index is 0.000000172. The molecule has 0 bridgehead atoms. The second-order valence-electron chi connectivity index (χ2n) is 6.95. The van der Waals surface area contributed by atoms with Crippen LogP contribution < -0.4 is 9.47 Å². The maximum atomic E-state index is 11.4. The topological polar surface area (TPSA) is 82.1 Å². The van der Waals surface area contributed by atoms with Crippen molar-refractivity contribution in [1.29, 1.82) is 0 Å². The minimum Gasteiger partial charge on any atom is -0.489 e. The lowest BCUT2D eigenvalue weighted by atomic mass is 10.2. The van der Waals surface area contributed by atoms with Gasteiger partial charge in [-0.2, -0.15) is 0 Å². The molecule has 2 aliphatic rings. The first-order chi connectivity index (χ1) is 14.4. The van der Waals surface area contributed by atoms with Crippen LogP contribution in [0.15, 0.2) is 36.4 Å². The summed E-state index contributed by atoms with van der Waals surface area (Å²) >= 11 is 11.9. The average Bonchev–Trinajstić information content (AvgIpc) is 3.62. The van der Waals surface area contributed by atoms with Crippen LogP contribution in [0.25, 0.3) is 0 Å². The SMILES string of the molecule is CCOC(=O)c1ccc(OC2CC2)c(Cl)c1.O=C(O)c1ccc(OC2CC2)c(Cl)c1. The van der Waals surface area contributed by atoms with Gasteiger partial charge in [0.05, 0.1) is 40.0 Å². The van der Waals surface area contributed by atoms with E-state index in [0.717, 1.165) is 25.7 Å². The predicted octanol–water partition coefficient (Wildman–Crippen LogP) is 5.64. The molecule has 2 aromatic rings. The molecule has 0 aliphatic heterocycles. The molecule has 2 fully saturated rings. The molecule has 0 aromatic heterocycles. The molecule has 6 nitrogen and oxygen atoms in total. The van der Waals surface area contributed by atoms with Gasteiger partial charge in [-0.3, -0.25) is 0 Å². The molecule has 0 spiro atoms. The molecular weight excluding hydrogens is 431 g/mol. The summed E-state index contributed by atoms with van der Waals surface area (Å²) in [5.74, 6) is -0.136. The zero-order chi connectivity index (χ0) is 21.7. The normalized spacial score (nSPS) is 14.9. The molecule has 0 heterocycles. The molecule has 2 aliphatic carbocycles. The highest BCUT2D eigenvalue weighted by molar-refractivity contribution is 6.32. The van der Waals surface area contributed by atoms with Crippen molar-refractivity contribution in [3.8, 4) is 11.5 Å². The smallest absolute Gasteiger partial charge is 0.338 e. The number of ether oxygens (including phenoxy) is 3. The van der Waals surface area contributed by atoms with Gasteiger partial charge in [0.1, 0.15) is 11.5 Å². The van der Waals surface area contributed by atoms with Gasteiger partial charge >= 0.3 is 11.9 Å². The van der Waals surface area contributed by atoms with Crippen LogP contribution in [0.4, 0.5) is 0 Å². The second kappa shape index (κ2) is 10.0. The first kappa shape index (κ1) is 22.2. The van der Waals surface area contributed by atoms with Crippen molar-refractivity contribution in [1.82, 2.24) is 0 Å². The first-order valence-corrected chi connectivity index (χ1v) is 10.5. The number of carboxylic acid groups (broad SMARTS) is 1. The Morgan fingerprint density at radius 3 is 1.77 bits per heavy atom. The van der Waals surface area contributed by atoms with Crippen LogP contribution in [0, 0.1) is 0 Å². The molecule has 1 N–H and O–H groups in total. The summed E-state index contributed by atoms with van der Waals surface area (Å²) in [6.45, 7) is 2.13. The summed E-state index contributed by atoms with van der Waals surface area (Å²) < 4.78 is 15.9. The highest BCUT2D eigenvalue weighted by Crippen LogP contribution is 2.33. The van der Waals surface area contributed by atoms with Crippen molar-refractivity contribution in [2.75, 3.05) is 6.61 Å². The van der Waals surface area contributed by atoms with Gasteiger partial charge in [0.15, 0.2) is 0 Å². The number of rotatable bonds is 7. The highest BCUT2D eigenvalue weighted by atomic mass is 35.5. The second-order valence-corrected chi connectivity index (χ2v) is 7.76. The molecule has 8 heteroatoms. The maximum absolute atomic E-state index is 11.4. The Hall–Kier alpha value is -2.44. The standard InChI is InChI=1S/C12H13ClO3.C10H9ClO3/c1-2-15-12(14)8-3-6-11(10(13)7-8)16-9-4-5-9;11-8-5-6(10(12)13)1-4-9(8)14-7-2-3-7/h3,6-7,9H,2,4-5H2,1H3;1,4-5,7H,2-3H2,(H,12,13). The molecule has 0 atom stereocenters. The van der Waals surface area contributed by atoms with Crippen LogP contribution in [0.3, 0.4) is 0 Å². The third-order valence-electron chi connectivity index (χ3n) is 4.26. The maximum Gasteiger partial charge on any atom is 0.338 e. The molecule has 2 saturated carbocycles. The van der Waals surface area contributed by atoms with Crippen molar-refractivity contribution < 1.29 is 28.9 Å². The van der Waals surface area contributed by atoms with Crippen molar-refractivity contribution in [2.45, 2.75) is 44.8 Å². The number of hydrogen-bond donors (Lipinski definition) is 1. The van der Waals surface area contributed by atoms with Gasteiger partial charge in [-0.25, -0.2) is 9.59 Å². The molecule has 160 valence electrons. The van der Waals surface area contributed by atoms with Crippen molar-refractivity contribution in [3.63, 3.8) is 0 Å². The van der Waals surface area contributed by atoms with E-state index < -0.39 is 5.97 Å². The summed E-state index contributed by atoms with van der Waals surface area (Å²) in [6, 6.07) is 9.46. The van der Waals surface area contributed by atoms with Gasteiger partial charge in [0.25, 0.3) is 0 Å². The van der Waals surface area contributed by atoms with E-state index >= 15 is 0 Å². The highest BCUT2D eigenvalue weighted by Gasteiger charge is 2.25. The zero-order valence-corrected chi connectivity index (χ0v) is 17.9. The van der Waals surface area contributed by atoms with E-state index in [1.54, 1.807) is 31.2 Å². The first-order valence-electron chi connectivity index (χ1n) is 9.70. The summed E-state index contributed by atoms with van der Waals surface area (Å²) in [5, 5.41) is 9.51. The van der Waals surface area contributed by atoms with Crippen molar-refractivity contribution >= 4 is 35.1 Å². The van der Waals surface area contributed by atoms with E-state index in [9.17, 15) is 9.59 Å². The fourth-order valence-corrected chi connectivity index (χ4v) is 2.85. The van der Waals surface area contributed by atoms with Crippen LogP contribution in [-0.4, -0.2) is 35.9 Å². The Labute approximate surface area is 184 Å². The number of carboxylic acids is 1. The van der Waals surface area contributed by atoms with Crippen molar-refractivity contribution in [3.05, 3.63) is 57.6 Å². The van der Waals surface area contributed by atoms with Crippen LogP contribution >= 0.6 is 23.2 Å². The third-order valence-corrected chi connectivity index (χ3v) is 4.85. The number of carbonyl (C=O) groups excluding carboxylic acids is 1. The number of hydrogen-bond acceptors (Lipinski definition) is 5. The van der Waals surface area contributed by atoms with Gasteiger partial charge < -0.3 is 19.3 Å². The Bertz CT molecular complexity index is 922. The fourth-order valence-electron chi connectivity index (χ4n) is 2.40. The van der Waals surface area contributed by atoms with E-state index in [1.807, 2.05) is 0 Å². The quantitative estimate of drug-likeness (QED) is 0.547. The molecule has 0 amide bonds. The largest absolute Gasteiger partial charge is 0.489 e. The molecule has 0 radical (unpaired) electrons. The Kier molecular flexibility index (Phi) is 7.45. The van der Waals surface area contributed by atoms with E-state index in [1.165, 1.54) is 12.1 Å². The average molecular weight is 453 g/mol. The summed E-state index contributed by atoms with van der Waals surface area (Å²) in [6.07, 6.45) is 4.83. The fraction of sp³-hybridized carbons (Fsp3) is 0.364. The predicted molar refractivity (Wildman–Crippen MR) is 113 cm³/mol. The van der Waals surface area contributed by atoms with Gasteiger partial charge in [-0.15, -0.1) is 0 Å². The third kappa shape index (κ3) is 6.54. The summed E-state index contributed by atoms with van der Waals surface area (Å²) in [7, 11) is 0.